The third-order valence-corrected chi connectivity index (χ3v) is 6.86. The van der Waals surface area contributed by atoms with E-state index in [1.54, 1.807) is 4.68 Å². The van der Waals surface area contributed by atoms with Crippen LogP contribution in [0.4, 0.5) is 16.6 Å². The molecule has 1 saturated carbocycles. The summed E-state index contributed by atoms with van der Waals surface area (Å²) in [6, 6.07) is 3.39. The number of hydrogen-bond acceptors (Lipinski definition) is 6. The van der Waals surface area contributed by atoms with Gasteiger partial charge in [-0.2, -0.15) is 10.1 Å². The number of hydrogen-bond donors (Lipinski definition) is 3. The molecule has 9 heteroatoms. The Morgan fingerprint density at radius 2 is 1.88 bits per heavy atom. The Balaban J connectivity index is 1.45. The fourth-order valence-electron chi connectivity index (χ4n) is 4.20. The van der Waals surface area contributed by atoms with E-state index in [4.69, 9.17) is 4.74 Å². The van der Waals surface area contributed by atoms with Crippen molar-refractivity contribution in [3.05, 3.63) is 83.1 Å². The predicted molar refractivity (Wildman–Crippen MR) is 160 cm³/mol. The number of urea groups is 1. The zero-order valence-corrected chi connectivity index (χ0v) is 24.4. The number of aromatic nitrogens is 4. The van der Waals surface area contributed by atoms with Gasteiger partial charge in [0, 0.05) is 42.5 Å². The summed E-state index contributed by atoms with van der Waals surface area (Å²) in [4.78, 5) is 22.0. The Bertz CT molecular complexity index is 1370. The van der Waals surface area contributed by atoms with Crippen LogP contribution >= 0.6 is 0 Å². The zero-order chi connectivity index (χ0) is 28.7. The molecular weight excluding hydrogens is 502 g/mol. The van der Waals surface area contributed by atoms with E-state index in [2.05, 4.69) is 51.8 Å². The first kappa shape index (κ1) is 28.9. The minimum atomic E-state index is -0.335. The highest BCUT2D eigenvalue weighted by Crippen LogP contribution is 2.27. The molecule has 0 aromatic carbocycles. The van der Waals surface area contributed by atoms with Gasteiger partial charge in [-0.05, 0) is 56.8 Å². The molecule has 0 saturated heterocycles. The van der Waals surface area contributed by atoms with Crippen LogP contribution in [0.2, 0.25) is 0 Å². The number of ether oxygens (including phenoxy) is 1. The fraction of sp³-hybridized carbons (Fsp3) is 0.419. The molecule has 9 nitrogen and oxygen atoms in total. The highest BCUT2D eigenvalue weighted by atomic mass is 16.5. The second-order valence-corrected chi connectivity index (χ2v) is 11.4. The molecule has 0 spiro atoms. The fourth-order valence-corrected chi connectivity index (χ4v) is 4.20. The maximum atomic E-state index is 12.9. The van der Waals surface area contributed by atoms with Crippen molar-refractivity contribution in [1.29, 1.82) is 0 Å². The number of nitrogens with zero attached hydrogens (tertiary/aromatic N) is 4. The summed E-state index contributed by atoms with van der Waals surface area (Å²) < 4.78 is 7.83. The van der Waals surface area contributed by atoms with Crippen molar-refractivity contribution in [3.8, 4) is 5.88 Å². The highest BCUT2D eigenvalue weighted by Gasteiger charge is 2.20. The van der Waals surface area contributed by atoms with E-state index >= 15 is 0 Å². The normalized spacial score (nSPS) is 21.7. The van der Waals surface area contributed by atoms with Crippen molar-refractivity contribution in [3.63, 3.8) is 0 Å². The van der Waals surface area contributed by atoms with Crippen LogP contribution < -0.4 is 20.7 Å². The Hall–Kier alpha value is -4.14. The summed E-state index contributed by atoms with van der Waals surface area (Å²) in [5.74, 6) is 3.05. The Labute approximate surface area is 237 Å². The lowest BCUT2D eigenvalue weighted by molar-refractivity contribution is 0.254. The smallest absolute Gasteiger partial charge is 0.324 e. The van der Waals surface area contributed by atoms with Crippen molar-refractivity contribution in [1.82, 2.24) is 25.1 Å². The summed E-state index contributed by atoms with van der Waals surface area (Å²) in [6.07, 6.45) is 17.9. The number of amides is 2. The van der Waals surface area contributed by atoms with Crippen LogP contribution in [0.3, 0.4) is 0 Å². The van der Waals surface area contributed by atoms with Crippen LogP contribution in [0.25, 0.3) is 0 Å². The van der Waals surface area contributed by atoms with Crippen molar-refractivity contribution in [2.75, 3.05) is 17.2 Å². The Kier molecular flexibility index (Phi) is 9.24. The molecule has 212 valence electrons. The number of rotatable bonds is 7. The summed E-state index contributed by atoms with van der Waals surface area (Å²) in [7, 11) is 1.82. The van der Waals surface area contributed by atoms with E-state index in [0.29, 0.717) is 41.4 Å². The maximum Gasteiger partial charge on any atom is 0.324 e. The SMILES string of the molecule is CC1=C\C=C/C=C/C(Oc2cc(C)nc(NCC3CCC3)n2)=C\C/C=C\1NC(=O)Nc1cc(C(C)(C)C)nn1C. The van der Waals surface area contributed by atoms with Crippen LogP contribution in [0.5, 0.6) is 5.88 Å². The largest absolute Gasteiger partial charge is 0.439 e. The number of nitrogens with one attached hydrogen (secondary N) is 3. The minimum absolute atomic E-state index is 0.115. The molecule has 2 aromatic heterocycles. The number of anilines is 2. The Morgan fingerprint density at radius 1 is 1.07 bits per heavy atom. The Morgan fingerprint density at radius 3 is 2.58 bits per heavy atom. The third-order valence-electron chi connectivity index (χ3n) is 6.86. The van der Waals surface area contributed by atoms with Crippen molar-refractivity contribution < 1.29 is 9.53 Å². The molecule has 2 heterocycles. The lowest BCUT2D eigenvalue weighted by Crippen LogP contribution is -2.29. The lowest BCUT2D eigenvalue weighted by Gasteiger charge is -2.25. The van der Waals surface area contributed by atoms with E-state index in [9.17, 15) is 4.79 Å². The van der Waals surface area contributed by atoms with Crippen LogP contribution in [0.1, 0.15) is 64.8 Å². The molecular formula is C31H41N7O2. The quantitative estimate of drug-likeness (QED) is 0.370. The molecule has 0 aliphatic heterocycles. The third kappa shape index (κ3) is 8.18. The van der Waals surface area contributed by atoms with E-state index in [-0.39, 0.29) is 11.4 Å². The van der Waals surface area contributed by atoms with E-state index in [0.717, 1.165) is 23.5 Å². The van der Waals surface area contributed by atoms with Crippen molar-refractivity contribution >= 4 is 17.8 Å². The van der Waals surface area contributed by atoms with Gasteiger partial charge in [-0.25, -0.2) is 9.78 Å². The van der Waals surface area contributed by atoms with Crippen LogP contribution in [0.15, 0.2) is 71.7 Å². The van der Waals surface area contributed by atoms with Gasteiger partial charge in [-0.1, -0.05) is 57.6 Å². The predicted octanol–water partition coefficient (Wildman–Crippen LogP) is 6.46. The van der Waals surface area contributed by atoms with Gasteiger partial charge in [-0.15, -0.1) is 0 Å². The van der Waals surface area contributed by atoms with Gasteiger partial charge < -0.3 is 15.4 Å². The van der Waals surface area contributed by atoms with Crippen molar-refractivity contribution in [2.24, 2.45) is 13.0 Å². The maximum absolute atomic E-state index is 12.9. The molecule has 40 heavy (non-hydrogen) atoms. The van der Waals surface area contributed by atoms with Gasteiger partial charge in [-0.3, -0.25) is 10.00 Å². The zero-order valence-electron chi connectivity index (χ0n) is 24.4. The molecule has 0 radical (unpaired) electrons. The topological polar surface area (TPSA) is 106 Å². The summed E-state index contributed by atoms with van der Waals surface area (Å²) in [5.41, 5.74) is 3.26. The summed E-state index contributed by atoms with van der Waals surface area (Å²) >= 11 is 0. The first-order valence-electron chi connectivity index (χ1n) is 13.9. The van der Waals surface area contributed by atoms with Gasteiger partial charge in [0.05, 0.1) is 5.69 Å². The molecule has 2 amide bonds. The second kappa shape index (κ2) is 12.8. The van der Waals surface area contributed by atoms with Crippen molar-refractivity contribution in [2.45, 2.75) is 65.7 Å². The number of aryl methyl sites for hydroxylation is 2. The first-order chi connectivity index (χ1) is 19.1. The number of allylic oxidation sites excluding steroid dienone is 8. The molecule has 2 aliphatic carbocycles. The van der Waals surface area contributed by atoms with Gasteiger partial charge in [0.15, 0.2) is 0 Å². The first-order valence-corrected chi connectivity index (χ1v) is 13.9. The van der Waals surface area contributed by atoms with Gasteiger partial charge in [0.2, 0.25) is 11.8 Å². The monoisotopic (exact) mass is 543 g/mol. The molecule has 3 N–H and O–H groups in total. The molecule has 0 bridgehead atoms. The average molecular weight is 544 g/mol. The highest BCUT2D eigenvalue weighted by molar-refractivity contribution is 5.90. The lowest BCUT2D eigenvalue weighted by atomic mass is 9.85. The average Bonchev–Trinajstić information content (AvgIpc) is 3.20. The van der Waals surface area contributed by atoms with Crippen LogP contribution in [-0.2, 0) is 12.5 Å². The molecule has 2 aromatic rings. The molecule has 0 atom stereocenters. The second-order valence-electron chi connectivity index (χ2n) is 11.4. The molecule has 0 unspecified atom stereocenters. The number of carbonyl (C=O) groups is 1. The standard InChI is InChI=1S/C31H41N7O2/c1-21-12-8-7-9-15-24(40-28-18-22(2)33-29(36-28)32-20-23-13-10-14-23)16-11-17-25(21)34-30(39)35-27-19-26(31(3,4)5)37-38(27)6/h7-9,12,15-19,23H,10-11,13-14,20H2,1-6H3,(H,32,33,36)(H2,34,35,39)/b8-7-,15-9+,21-12+,24-16+,25-17+. The number of carbonyl (C=O) groups excluding carboxylic acids is 1. The van der Waals surface area contributed by atoms with Crippen LogP contribution in [0, 0.1) is 12.8 Å². The molecule has 1 fully saturated rings. The van der Waals surface area contributed by atoms with E-state index < -0.39 is 0 Å². The summed E-state index contributed by atoms with van der Waals surface area (Å²) in [6.45, 7) is 11.0. The van der Waals surface area contributed by atoms with Gasteiger partial charge in [0.1, 0.15) is 11.6 Å². The van der Waals surface area contributed by atoms with E-state index in [1.165, 1.54) is 19.3 Å². The summed E-state index contributed by atoms with van der Waals surface area (Å²) in [5, 5.41) is 13.8. The molecule has 4 rings (SSSR count). The van der Waals surface area contributed by atoms with Gasteiger partial charge >= 0.3 is 6.03 Å². The molecule has 2 aliphatic rings. The van der Waals surface area contributed by atoms with Crippen LogP contribution in [-0.4, -0.2) is 32.3 Å². The van der Waals surface area contributed by atoms with Gasteiger partial charge in [0.25, 0.3) is 0 Å². The van der Waals surface area contributed by atoms with E-state index in [1.807, 2.05) is 75.6 Å². The minimum Gasteiger partial charge on any atom is -0.439 e.